The minimum Gasteiger partial charge on any atom is -0.497 e. The molecule has 9 heteroatoms. The first kappa shape index (κ1) is 27.9. The van der Waals surface area contributed by atoms with Crippen LogP contribution in [0.4, 0.5) is 5.69 Å². The number of aromatic nitrogens is 2. The van der Waals surface area contributed by atoms with Gasteiger partial charge in [-0.15, -0.1) is 0 Å². The van der Waals surface area contributed by atoms with Crippen molar-refractivity contribution < 1.29 is 14.3 Å². The van der Waals surface area contributed by atoms with Gasteiger partial charge in [0.05, 0.1) is 18.0 Å². The highest BCUT2D eigenvalue weighted by molar-refractivity contribution is 5.90. The lowest BCUT2D eigenvalue weighted by atomic mass is 9.97. The zero-order chi connectivity index (χ0) is 27.6. The predicted molar refractivity (Wildman–Crippen MR) is 152 cm³/mol. The molecule has 4 rings (SSSR count). The molecule has 0 saturated carbocycles. The summed E-state index contributed by atoms with van der Waals surface area (Å²) in [5.74, 6) is 0.289. The predicted octanol–water partition coefficient (Wildman–Crippen LogP) is 3.99. The van der Waals surface area contributed by atoms with Crippen molar-refractivity contribution >= 4 is 28.4 Å². The Balaban J connectivity index is 1.37. The summed E-state index contributed by atoms with van der Waals surface area (Å²) in [6, 6.07) is 13.9. The van der Waals surface area contributed by atoms with Crippen LogP contribution < -0.4 is 26.6 Å². The molecule has 0 radical (unpaired) electrons. The summed E-state index contributed by atoms with van der Waals surface area (Å²) < 4.78 is 7.65. The molecule has 0 aliphatic heterocycles. The molecule has 0 atom stereocenters. The molecular weight excluding hydrogens is 496 g/mol. The number of amides is 2. The zero-order valence-corrected chi connectivity index (χ0v) is 22.4. The van der Waals surface area contributed by atoms with Crippen LogP contribution in [0.3, 0.4) is 0 Å². The van der Waals surface area contributed by atoms with Crippen molar-refractivity contribution in [2.24, 2.45) is 0 Å². The Hall–Kier alpha value is -4.14. The highest BCUT2D eigenvalue weighted by Crippen LogP contribution is 2.19. The molecule has 2 aromatic carbocycles. The first-order valence-corrected chi connectivity index (χ1v) is 13.6. The number of para-hydroxylation sites is 1. The fraction of sp³-hybridized carbons (Fsp3) is 0.400. The van der Waals surface area contributed by atoms with Crippen molar-refractivity contribution in [2.75, 3.05) is 19.0 Å². The number of nitrogens with one attached hydrogen (secondary N) is 2. The van der Waals surface area contributed by atoms with Crippen LogP contribution in [0.1, 0.15) is 51.4 Å². The summed E-state index contributed by atoms with van der Waals surface area (Å²) in [5.41, 5.74) is 1.57. The van der Waals surface area contributed by atoms with E-state index in [1.807, 2.05) is 0 Å². The van der Waals surface area contributed by atoms with E-state index >= 15 is 0 Å². The van der Waals surface area contributed by atoms with Gasteiger partial charge in [0.2, 0.25) is 11.8 Å². The van der Waals surface area contributed by atoms with E-state index in [4.69, 9.17) is 4.74 Å². The number of hydrogen-bond donors (Lipinski definition) is 2. The number of nitrogens with zero attached hydrogens (tertiary/aromatic N) is 2. The second-order valence-electron chi connectivity index (χ2n) is 9.78. The largest absolute Gasteiger partial charge is 0.497 e. The fourth-order valence-corrected chi connectivity index (χ4v) is 4.87. The molecule has 0 unspecified atom stereocenters. The molecule has 1 aliphatic rings. The number of rotatable bonds is 12. The number of unbranched alkanes of at least 4 members (excludes halogenated alkanes) is 1. The van der Waals surface area contributed by atoms with Crippen LogP contribution in [-0.2, 0) is 22.7 Å². The number of methoxy groups -OCH3 is 1. The minimum absolute atomic E-state index is 0.149. The molecule has 1 aliphatic carbocycles. The molecule has 0 spiro atoms. The Labute approximate surface area is 227 Å². The summed E-state index contributed by atoms with van der Waals surface area (Å²) in [6.45, 7) is 0.520. The Morgan fingerprint density at radius 1 is 0.949 bits per heavy atom. The fourth-order valence-electron chi connectivity index (χ4n) is 4.87. The third-order valence-corrected chi connectivity index (χ3v) is 7.00. The quantitative estimate of drug-likeness (QED) is 0.271. The normalized spacial score (nSPS) is 13.1. The van der Waals surface area contributed by atoms with Crippen LogP contribution in [0.15, 0.2) is 69.8 Å². The average molecular weight is 533 g/mol. The van der Waals surface area contributed by atoms with E-state index in [1.165, 1.54) is 27.5 Å². The topological polar surface area (TPSA) is 111 Å². The molecule has 0 bridgehead atoms. The number of anilines is 1. The standard InChI is InChI=1S/C30H36N4O5/c1-39-24-16-14-23(15-17-24)32-27(35)13-7-8-20-33-29(37)25-11-5-6-12-26(25)34(30(33)38)21-28(36)31-19-18-22-9-3-2-4-10-22/h5-6,9,11-12,14-17H,2-4,7-8,10,13,18-21H2,1H3,(H,31,36)(H,32,35). The van der Waals surface area contributed by atoms with Crippen molar-refractivity contribution in [1.29, 1.82) is 0 Å². The van der Waals surface area contributed by atoms with Gasteiger partial charge in [-0.25, -0.2) is 4.79 Å². The van der Waals surface area contributed by atoms with Crippen molar-refractivity contribution in [3.63, 3.8) is 0 Å². The van der Waals surface area contributed by atoms with Crippen LogP contribution in [0, 0.1) is 0 Å². The molecule has 1 aromatic heterocycles. The molecule has 3 aromatic rings. The highest BCUT2D eigenvalue weighted by Gasteiger charge is 2.15. The van der Waals surface area contributed by atoms with E-state index in [0.29, 0.717) is 41.7 Å². The lowest BCUT2D eigenvalue weighted by Gasteiger charge is -2.15. The molecule has 0 saturated heterocycles. The van der Waals surface area contributed by atoms with Gasteiger partial charge in [0.25, 0.3) is 5.56 Å². The Morgan fingerprint density at radius 2 is 1.74 bits per heavy atom. The monoisotopic (exact) mass is 532 g/mol. The maximum absolute atomic E-state index is 13.3. The van der Waals surface area contributed by atoms with Crippen molar-refractivity contribution in [3.8, 4) is 5.75 Å². The molecular formula is C30H36N4O5. The second kappa shape index (κ2) is 13.6. The van der Waals surface area contributed by atoms with Gasteiger partial charge in [0, 0.05) is 25.2 Å². The van der Waals surface area contributed by atoms with Gasteiger partial charge in [-0.3, -0.25) is 23.5 Å². The number of hydrogen-bond acceptors (Lipinski definition) is 5. The SMILES string of the molecule is COc1ccc(NC(=O)CCCCn2c(=O)c3ccccc3n(CC(=O)NCCC3=CCCCC3)c2=O)cc1. The smallest absolute Gasteiger partial charge is 0.331 e. The van der Waals surface area contributed by atoms with Crippen LogP contribution in [0.5, 0.6) is 5.75 Å². The number of carbonyl (C=O) groups is 2. The van der Waals surface area contributed by atoms with E-state index < -0.39 is 5.69 Å². The van der Waals surface area contributed by atoms with E-state index in [9.17, 15) is 19.2 Å². The summed E-state index contributed by atoms with van der Waals surface area (Å²) >= 11 is 0. The van der Waals surface area contributed by atoms with E-state index in [-0.39, 0.29) is 36.9 Å². The first-order chi connectivity index (χ1) is 19.0. The van der Waals surface area contributed by atoms with Gasteiger partial charge in [-0.05, 0) is 81.3 Å². The molecule has 2 amide bonds. The maximum Gasteiger partial charge on any atom is 0.331 e. The van der Waals surface area contributed by atoms with Crippen molar-refractivity contribution in [3.05, 3.63) is 81.0 Å². The van der Waals surface area contributed by atoms with Crippen molar-refractivity contribution in [2.45, 2.75) is 64.5 Å². The van der Waals surface area contributed by atoms with E-state index in [1.54, 1.807) is 55.6 Å². The lowest BCUT2D eigenvalue weighted by molar-refractivity contribution is -0.121. The van der Waals surface area contributed by atoms with Crippen LogP contribution in [-0.4, -0.2) is 34.6 Å². The average Bonchev–Trinajstić information content (AvgIpc) is 2.96. The first-order valence-electron chi connectivity index (χ1n) is 13.6. The van der Waals surface area contributed by atoms with E-state index in [2.05, 4.69) is 16.7 Å². The van der Waals surface area contributed by atoms with Gasteiger partial charge in [-0.1, -0.05) is 23.8 Å². The third kappa shape index (κ3) is 7.46. The Kier molecular flexibility index (Phi) is 9.72. The van der Waals surface area contributed by atoms with Crippen molar-refractivity contribution in [1.82, 2.24) is 14.5 Å². The lowest BCUT2D eigenvalue weighted by Crippen LogP contribution is -2.42. The summed E-state index contributed by atoms with van der Waals surface area (Å²) in [7, 11) is 1.58. The molecule has 206 valence electrons. The third-order valence-electron chi connectivity index (χ3n) is 7.00. The minimum atomic E-state index is -0.522. The molecule has 1 heterocycles. The maximum atomic E-state index is 13.3. The number of ether oxygens (including phenoxy) is 1. The van der Waals surface area contributed by atoms with Gasteiger partial charge >= 0.3 is 5.69 Å². The van der Waals surface area contributed by atoms with Gasteiger partial charge in [-0.2, -0.15) is 0 Å². The van der Waals surface area contributed by atoms with Crippen LogP contribution in [0.25, 0.3) is 10.9 Å². The molecule has 2 N–H and O–H groups in total. The number of allylic oxidation sites excluding steroid dienone is 1. The number of benzene rings is 2. The van der Waals surface area contributed by atoms with Gasteiger partial charge < -0.3 is 15.4 Å². The number of carbonyl (C=O) groups excluding carboxylic acids is 2. The summed E-state index contributed by atoms with van der Waals surface area (Å²) in [5, 5.41) is 6.13. The molecule has 9 nitrogen and oxygen atoms in total. The van der Waals surface area contributed by atoms with E-state index in [0.717, 1.165) is 19.3 Å². The van der Waals surface area contributed by atoms with Crippen LogP contribution in [0.2, 0.25) is 0 Å². The zero-order valence-electron chi connectivity index (χ0n) is 22.4. The summed E-state index contributed by atoms with van der Waals surface area (Å²) in [4.78, 5) is 51.5. The Bertz CT molecular complexity index is 1450. The van der Waals surface area contributed by atoms with Crippen LogP contribution >= 0.6 is 0 Å². The molecule has 0 fully saturated rings. The van der Waals surface area contributed by atoms with Gasteiger partial charge in [0.1, 0.15) is 12.3 Å². The number of fused-ring (bicyclic) bond motifs is 1. The molecule has 39 heavy (non-hydrogen) atoms. The van der Waals surface area contributed by atoms with Gasteiger partial charge in [0.15, 0.2) is 0 Å². The Morgan fingerprint density at radius 3 is 2.49 bits per heavy atom. The summed E-state index contributed by atoms with van der Waals surface area (Å²) in [6.07, 6.45) is 8.87. The highest BCUT2D eigenvalue weighted by atomic mass is 16.5. The second-order valence-corrected chi connectivity index (χ2v) is 9.78.